The standard InChI is InChI=1S/C38H40ClF2N9O3/c1-23-29(21-47(2)46-23)35-44-33-34(31(39)19-42-36(33)45-35)53-28-9-3-25(4-10-28)30-13-15-48(22-38(30,40)41)20-24-11-16-49(17-12-24)26-5-7-27(8-6-26)50-18-14-32(51)43-37(50)52/h3-10,19,21,24,30H,11-18,20,22H2,1-2H3,(H,42,44,45)(H,43,51,52). The number of anilines is 2. The minimum absolute atomic E-state index is 0.257. The van der Waals surface area contributed by atoms with Crippen LogP contribution in [0, 0.1) is 12.8 Å². The highest BCUT2D eigenvalue weighted by Gasteiger charge is 2.45. The van der Waals surface area contributed by atoms with Crippen LogP contribution in [0.1, 0.15) is 42.9 Å². The lowest BCUT2D eigenvalue weighted by atomic mass is 9.85. The van der Waals surface area contributed by atoms with Gasteiger partial charge in [0.25, 0.3) is 5.92 Å². The van der Waals surface area contributed by atoms with Crippen molar-refractivity contribution in [3.05, 3.63) is 77.2 Å². The summed E-state index contributed by atoms with van der Waals surface area (Å²) in [6, 6.07) is 14.2. The first-order valence-corrected chi connectivity index (χ1v) is 18.3. The highest BCUT2D eigenvalue weighted by atomic mass is 35.5. The summed E-state index contributed by atoms with van der Waals surface area (Å²) in [4.78, 5) is 41.7. The number of H-pyrrole nitrogens is 1. The van der Waals surface area contributed by atoms with Crippen LogP contribution in [0.3, 0.4) is 0 Å². The number of imide groups is 1. The van der Waals surface area contributed by atoms with Gasteiger partial charge in [-0.15, -0.1) is 0 Å². The molecule has 276 valence electrons. The summed E-state index contributed by atoms with van der Waals surface area (Å²) in [5.41, 5.74) is 5.01. The molecule has 3 amide bonds. The molecule has 3 aromatic heterocycles. The van der Waals surface area contributed by atoms with E-state index in [1.165, 1.54) is 6.20 Å². The molecule has 0 radical (unpaired) electrons. The lowest BCUT2D eigenvalue weighted by Crippen LogP contribution is -2.49. The summed E-state index contributed by atoms with van der Waals surface area (Å²) >= 11 is 6.51. The molecule has 3 aliphatic heterocycles. The van der Waals surface area contributed by atoms with E-state index in [9.17, 15) is 9.59 Å². The van der Waals surface area contributed by atoms with Crippen molar-refractivity contribution in [2.24, 2.45) is 13.0 Å². The van der Waals surface area contributed by atoms with Gasteiger partial charge >= 0.3 is 6.03 Å². The number of benzene rings is 2. The molecule has 8 rings (SSSR count). The van der Waals surface area contributed by atoms with E-state index in [0.29, 0.717) is 71.0 Å². The predicted molar refractivity (Wildman–Crippen MR) is 198 cm³/mol. The van der Waals surface area contributed by atoms with Gasteiger partial charge in [-0.1, -0.05) is 23.7 Å². The lowest BCUT2D eigenvalue weighted by molar-refractivity contribution is -0.120. The molecule has 2 aromatic carbocycles. The summed E-state index contributed by atoms with van der Waals surface area (Å²) < 4.78 is 39.4. The molecule has 53 heavy (non-hydrogen) atoms. The molecule has 15 heteroatoms. The zero-order valence-electron chi connectivity index (χ0n) is 29.5. The fourth-order valence-electron chi connectivity index (χ4n) is 7.83. The van der Waals surface area contributed by atoms with Gasteiger partial charge in [-0.25, -0.2) is 23.5 Å². The van der Waals surface area contributed by atoms with Crippen LogP contribution in [-0.2, 0) is 11.8 Å². The Bertz CT molecular complexity index is 2150. The largest absolute Gasteiger partial charge is 0.453 e. The van der Waals surface area contributed by atoms with E-state index in [4.69, 9.17) is 16.3 Å². The first-order valence-electron chi connectivity index (χ1n) is 17.9. The molecule has 1 atom stereocenters. The second-order valence-corrected chi connectivity index (χ2v) is 14.6. The zero-order valence-corrected chi connectivity index (χ0v) is 30.2. The minimum atomic E-state index is -2.88. The Balaban J connectivity index is 0.854. The van der Waals surface area contributed by atoms with E-state index in [0.717, 1.165) is 48.6 Å². The van der Waals surface area contributed by atoms with Crippen molar-refractivity contribution in [1.82, 2.24) is 34.9 Å². The third-order valence-corrected chi connectivity index (χ3v) is 10.9. The number of halogens is 3. The Morgan fingerprint density at radius 2 is 1.72 bits per heavy atom. The van der Waals surface area contributed by atoms with E-state index >= 15 is 8.78 Å². The van der Waals surface area contributed by atoms with Gasteiger partial charge < -0.3 is 14.6 Å². The number of rotatable bonds is 8. The van der Waals surface area contributed by atoms with Gasteiger partial charge in [0, 0.05) is 57.2 Å². The van der Waals surface area contributed by atoms with Crippen LogP contribution in [-0.4, -0.2) is 86.8 Å². The summed E-state index contributed by atoms with van der Waals surface area (Å²) in [6.45, 7) is 4.94. The minimum Gasteiger partial charge on any atom is -0.453 e. The number of aryl methyl sites for hydroxylation is 2. The number of imidazole rings is 1. The van der Waals surface area contributed by atoms with Gasteiger partial charge in [-0.05, 0) is 80.6 Å². The maximum absolute atomic E-state index is 15.7. The van der Waals surface area contributed by atoms with Gasteiger partial charge in [-0.3, -0.25) is 24.6 Å². The number of carbonyl (C=O) groups is 2. The lowest BCUT2D eigenvalue weighted by Gasteiger charge is -2.41. The van der Waals surface area contributed by atoms with Crippen LogP contribution in [0.2, 0.25) is 5.02 Å². The number of nitrogens with one attached hydrogen (secondary N) is 2. The van der Waals surface area contributed by atoms with Gasteiger partial charge in [0.15, 0.2) is 11.4 Å². The Labute approximate surface area is 310 Å². The maximum Gasteiger partial charge on any atom is 0.328 e. The van der Waals surface area contributed by atoms with Crippen molar-refractivity contribution in [2.75, 3.05) is 49.1 Å². The number of amides is 3. The summed E-state index contributed by atoms with van der Waals surface area (Å²) in [7, 11) is 1.84. The Morgan fingerprint density at radius 1 is 0.981 bits per heavy atom. The van der Waals surface area contributed by atoms with Gasteiger partial charge in [0.1, 0.15) is 22.1 Å². The van der Waals surface area contributed by atoms with E-state index in [1.807, 2.05) is 49.3 Å². The summed E-state index contributed by atoms with van der Waals surface area (Å²) in [6.07, 6.45) is 5.83. The predicted octanol–water partition coefficient (Wildman–Crippen LogP) is 6.90. The number of aromatic nitrogens is 5. The van der Waals surface area contributed by atoms with E-state index in [1.54, 1.807) is 33.8 Å². The quantitative estimate of drug-likeness (QED) is 0.176. The SMILES string of the molecule is Cc1nn(C)cc1-c1nc2ncc(Cl)c(Oc3ccc(C4CCN(CC5CCN(c6ccc(N7CCC(=O)NC7=O)cc6)CC5)CC4(F)F)cc3)c2[nH]1. The molecule has 3 aliphatic rings. The topological polar surface area (TPSA) is 125 Å². The number of nitrogens with zero attached hydrogens (tertiary/aromatic N) is 7. The fourth-order valence-corrected chi connectivity index (χ4v) is 8.01. The van der Waals surface area contributed by atoms with Crippen LogP contribution < -0.4 is 19.9 Å². The van der Waals surface area contributed by atoms with Crippen LogP contribution in [0.4, 0.5) is 25.0 Å². The number of carbonyl (C=O) groups excluding carboxylic acids is 2. The highest BCUT2D eigenvalue weighted by molar-refractivity contribution is 6.32. The fraction of sp³-hybridized carbons (Fsp3) is 0.395. The number of alkyl halides is 2. The molecule has 3 fully saturated rings. The molecule has 1 unspecified atom stereocenters. The number of hydrogen-bond donors (Lipinski definition) is 2. The van der Waals surface area contributed by atoms with Gasteiger partial charge in [0.2, 0.25) is 5.91 Å². The molecule has 5 aromatic rings. The zero-order chi connectivity index (χ0) is 36.9. The second-order valence-electron chi connectivity index (χ2n) is 14.2. The van der Waals surface area contributed by atoms with Crippen molar-refractivity contribution in [3.8, 4) is 22.9 Å². The summed E-state index contributed by atoms with van der Waals surface area (Å²) in [5.74, 6) is -2.26. The highest BCUT2D eigenvalue weighted by Crippen LogP contribution is 2.42. The van der Waals surface area contributed by atoms with Crippen molar-refractivity contribution in [3.63, 3.8) is 0 Å². The van der Waals surface area contributed by atoms with Gasteiger partial charge in [-0.2, -0.15) is 5.10 Å². The molecule has 0 bridgehead atoms. The molecular formula is C38H40ClF2N9O3. The van der Waals surface area contributed by atoms with Gasteiger partial charge in [0.05, 0.1) is 29.9 Å². The molecule has 12 nitrogen and oxygen atoms in total. The number of pyridine rings is 1. The number of fused-ring (bicyclic) bond motifs is 1. The van der Waals surface area contributed by atoms with Crippen molar-refractivity contribution < 1.29 is 23.1 Å². The second kappa shape index (κ2) is 14.0. The van der Waals surface area contributed by atoms with Crippen molar-refractivity contribution >= 4 is 46.1 Å². The number of piperidine rings is 2. The Hall–Kier alpha value is -5.08. The molecule has 0 spiro atoms. The van der Waals surface area contributed by atoms with E-state index in [2.05, 4.69) is 30.3 Å². The van der Waals surface area contributed by atoms with Crippen molar-refractivity contribution in [1.29, 1.82) is 0 Å². The first kappa shape index (κ1) is 35.0. The van der Waals surface area contributed by atoms with Crippen LogP contribution in [0.5, 0.6) is 11.5 Å². The Morgan fingerprint density at radius 3 is 2.40 bits per heavy atom. The molecule has 0 saturated carbocycles. The number of urea groups is 1. The number of hydrogen-bond acceptors (Lipinski definition) is 8. The molecule has 2 N–H and O–H groups in total. The van der Waals surface area contributed by atoms with Crippen LogP contribution >= 0.6 is 11.6 Å². The molecule has 0 aliphatic carbocycles. The first-order chi connectivity index (χ1) is 25.5. The molecule has 3 saturated heterocycles. The number of likely N-dealkylation sites (tertiary alicyclic amines) is 1. The average molecular weight is 744 g/mol. The smallest absolute Gasteiger partial charge is 0.328 e. The third-order valence-electron chi connectivity index (χ3n) is 10.6. The maximum atomic E-state index is 15.7. The van der Waals surface area contributed by atoms with E-state index in [-0.39, 0.29) is 18.9 Å². The Kier molecular flexibility index (Phi) is 9.27. The van der Waals surface area contributed by atoms with Crippen LogP contribution in [0.15, 0.2) is 60.9 Å². The third kappa shape index (κ3) is 7.17. The number of aromatic amines is 1. The monoisotopic (exact) mass is 743 g/mol. The van der Waals surface area contributed by atoms with Crippen molar-refractivity contribution in [2.45, 2.75) is 44.4 Å². The average Bonchev–Trinajstić information content (AvgIpc) is 3.72. The molecule has 6 heterocycles. The van der Waals surface area contributed by atoms with Crippen LogP contribution in [0.25, 0.3) is 22.6 Å². The van der Waals surface area contributed by atoms with E-state index < -0.39 is 17.9 Å². The molecular weight excluding hydrogens is 704 g/mol. The normalized spacial score (nSPS) is 19.9. The summed E-state index contributed by atoms with van der Waals surface area (Å²) in [5, 5.41) is 7.03. The number of ether oxygens (including phenoxy) is 1.